The number of ether oxygens (including phenoxy) is 1. The largest absolute Gasteiger partial charge is 0.393 e. The Hall–Kier alpha value is -1.39. The van der Waals surface area contributed by atoms with Gasteiger partial charge < -0.3 is 15.2 Å². The number of rotatable bonds is 2. The van der Waals surface area contributed by atoms with Gasteiger partial charge in [-0.15, -0.1) is 0 Å². The Balaban J connectivity index is 1.76. The molecule has 1 heterocycles. The zero-order valence-electron chi connectivity index (χ0n) is 8.72. The smallest absolute Gasteiger partial charge is 0.253 e. The molecule has 1 saturated carbocycles. The van der Waals surface area contributed by atoms with Crippen molar-refractivity contribution in [2.24, 2.45) is 0 Å². The average Bonchev–Trinajstić information content (AvgIpc) is 2.55. The highest BCUT2D eigenvalue weighted by atomic mass is 16.5. The van der Waals surface area contributed by atoms with Crippen LogP contribution in [-0.2, 0) is 4.74 Å². The van der Waals surface area contributed by atoms with Crippen LogP contribution in [0.2, 0.25) is 0 Å². The molecule has 1 amide bonds. The third-order valence-corrected chi connectivity index (χ3v) is 3.15. The Morgan fingerprint density at radius 1 is 1.31 bits per heavy atom. The van der Waals surface area contributed by atoms with E-state index in [9.17, 15) is 9.90 Å². The van der Waals surface area contributed by atoms with Gasteiger partial charge in [-0.1, -0.05) is 18.2 Å². The van der Waals surface area contributed by atoms with Gasteiger partial charge in [-0.3, -0.25) is 4.79 Å². The molecule has 1 aromatic rings. The van der Waals surface area contributed by atoms with Gasteiger partial charge in [0.1, 0.15) is 0 Å². The van der Waals surface area contributed by atoms with Crippen molar-refractivity contribution < 1.29 is 14.6 Å². The number of aliphatic hydroxyl groups excluding tert-OH is 1. The molecule has 0 saturated heterocycles. The number of nitrogens with one attached hydrogen (secondary N) is 1. The molecule has 4 heteroatoms. The second-order valence-corrected chi connectivity index (χ2v) is 4.32. The number of carbonyl (C=O) groups is 1. The molecule has 0 aromatic heterocycles. The van der Waals surface area contributed by atoms with Crippen LogP contribution < -0.4 is 5.32 Å². The normalized spacial score (nSPS) is 31.8. The Bertz CT molecular complexity index is 426. The van der Waals surface area contributed by atoms with Crippen molar-refractivity contribution in [3.8, 4) is 0 Å². The summed E-state index contributed by atoms with van der Waals surface area (Å²) in [5.74, 6) is -0.0829. The van der Waals surface area contributed by atoms with Gasteiger partial charge in [-0.05, 0) is 18.9 Å². The van der Waals surface area contributed by atoms with Gasteiger partial charge >= 0.3 is 0 Å². The van der Waals surface area contributed by atoms with Gasteiger partial charge in [0.25, 0.3) is 5.91 Å². The van der Waals surface area contributed by atoms with Crippen molar-refractivity contribution >= 4 is 5.91 Å². The highest BCUT2D eigenvalue weighted by Gasteiger charge is 2.35. The molecular weight excluding hydrogens is 206 g/mol. The first-order chi connectivity index (χ1) is 7.74. The quantitative estimate of drug-likeness (QED) is 0.779. The number of hydrogen-bond donors (Lipinski definition) is 2. The van der Waals surface area contributed by atoms with E-state index >= 15 is 0 Å². The molecule has 2 N–H and O–H groups in total. The van der Waals surface area contributed by atoms with E-state index in [0.29, 0.717) is 18.4 Å². The second kappa shape index (κ2) is 3.57. The van der Waals surface area contributed by atoms with E-state index < -0.39 is 0 Å². The molecule has 1 fully saturated rings. The Morgan fingerprint density at radius 2 is 2.06 bits per heavy atom. The summed E-state index contributed by atoms with van der Waals surface area (Å²) in [7, 11) is 0. The SMILES string of the molecule is O=C1NC(O[C@H]2C[C@@H](O)C2)c2ccccc21. The summed E-state index contributed by atoms with van der Waals surface area (Å²) < 4.78 is 5.72. The molecule has 0 spiro atoms. The minimum atomic E-state index is -0.346. The number of amides is 1. The van der Waals surface area contributed by atoms with Crippen LogP contribution in [0.5, 0.6) is 0 Å². The van der Waals surface area contributed by atoms with Crippen LogP contribution in [0.15, 0.2) is 24.3 Å². The van der Waals surface area contributed by atoms with Crippen molar-refractivity contribution in [2.75, 3.05) is 0 Å². The zero-order chi connectivity index (χ0) is 11.1. The fourth-order valence-corrected chi connectivity index (χ4v) is 2.16. The van der Waals surface area contributed by atoms with Gasteiger partial charge in [0.15, 0.2) is 6.23 Å². The first-order valence-corrected chi connectivity index (χ1v) is 5.47. The molecular formula is C12H13NO3. The lowest BCUT2D eigenvalue weighted by Crippen LogP contribution is -2.38. The van der Waals surface area contributed by atoms with Crippen molar-refractivity contribution in [3.05, 3.63) is 35.4 Å². The van der Waals surface area contributed by atoms with Crippen LogP contribution in [-0.4, -0.2) is 23.2 Å². The summed E-state index contributed by atoms with van der Waals surface area (Å²) in [6.07, 6.45) is 0.799. The summed E-state index contributed by atoms with van der Waals surface area (Å²) in [5, 5.41) is 12.0. The first kappa shape index (κ1) is 9.81. The minimum absolute atomic E-state index is 0.0615. The van der Waals surface area contributed by atoms with Gasteiger partial charge in [0.2, 0.25) is 0 Å². The fourth-order valence-electron chi connectivity index (χ4n) is 2.16. The molecule has 0 radical (unpaired) electrons. The lowest BCUT2D eigenvalue weighted by molar-refractivity contribution is -0.109. The van der Waals surface area contributed by atoms with Gasteiger partial charge in [0.05, 0.1) is 12.2 Å². The van der Waals surface area contributed by atoms with E-state index in [4.69, 9.17) is 4.74 Å². The Morgan fingerprint density at radius 3 is 2.81 bits per heavy atom. The molecule has 1 aliphatic carbocycles. The van der Waals surface area contributed by atoms with Crippen LogP contribution in [0.3, 0.4) is 0 Å². The number of hydrogen-bond acceptors (Lipinski definition) is 3. The van der Waals surface area contributed by atoms with Crippen LogP contribution >= 0.6 is 0 Å². The highest BCUT2D eigenvalue weighted by Crippen LogP contribution is 2.32. The molecule has 1 aromatic carbocycles. The fraction of sp³-hybridized carbons (Fsp3) is 0.417. The standard InChI is InChI=1S/C12H13NO3/c14-7-5-8(6-7)16-12-10-4-2-1-3-9(10)11(15)13-12/h1-4,7-8,12,14H,5-6H2,(H,13,15)/t7-,8+,12?. The van der Waals surface area contributed by atoms with Crippen LogP contribution in [0.25, 0.3) is 0 Å². The zero-order valence-corrected chi connectivity index (χ0v) is 8.72. The predicted octanol–water partition coefficient (Wildman–Crippen LogP) is 0.968. The van der Waals surface area contributed by atoms with Crippen molar-refractivity contribution in [1.82, 2.24) is 5.32 Å². The lowest BCUT2D eigenvalue weighted by Gasteiger charge is -2.33. The third kappa shape index (κ3) is 1.50. The minimum Gasteiger partial charge on any atom is -0.393 e. The number of benzene rings is 1. The van der Waals surface area contributed by atoms with Crippen LogP contribution in [0.4, 0.5) is 0 Å². The van der Waals surface area contributed by atoms with E-state index in [1.165, 1.54) is 0 Å². The molecule has 1 unspecified atom stereocenters. The van der Waals surface area contributed by atoms with E-state index in [1.807, 2.05) is 18.2 Å². The summed E-state index contributed by atoms with van der Waals surface area (Å²) in [5.41, 5.74) is 1.58. The maximum Gasteiger partial charge on any atom is 0.253 e. The topological polar surface area (TPSA) is 58.6 Å². The molecule has 16 heavy (non-hydrogen) atoms. The van der Waals surface area contributed by atoms with Crippen molar-refractivity contribution in [3.63, 3.8) is 0 Å². The monoisotopic (exact) mass is 219 g/mol. The maximum atomic E-state index is 11.6. The molecule has 2 aliphatic rings. The van der Waals surface area contributed by atoms with Gasteiger partial charge in [0, 0.05) is 11.1 Å². The van der Waals surface area contributed by atoms with Gasteiger partial charge in [-0.2, -0.15) is 0 Å². The second-order valence-electron chi connectivity index (χ2n) is 4.32. The highest BCUT2D eigenvalue weighted by molar-refractivity contribution is 5.98. The van der Waals surface area contributed by atoms with Crippen molar-refractivity contribution in [2.45, 2.75) is 31.3 Å². The number of aliphatic hydroxyl groups is 1. The molecule has 1 atom stereocenters. The van der Waals surface area contributed by atoms with E-state index in [1.54, 1.807) is 6.07 Å². The van der Waals surface area contributed by atoms with Crippen LogP contribution in [0.1, 0.15) is 35.0 Å². The van der Waals surface area contributed by atoms with Crippen LogP contribution in [0, 0.1) is 0 Å². The number of carbonyl (C=O) groups excluding carboxylic acids is 1. The molecule has 3 rings (SSSR count). The Labute approximate surface area is 93.2 Å². The van der Waals surface area contributed by atoms with E-state index in [2.05, 4.69) is 5.32 Å². The summed E-state index contributed by atoms with van der Waals surface area (Å²) in [4.78, 5) is 11.6. The van der Waals surface area contributed by atoms with E-state index in [0.717, 1.165) is 5.56 Å². The molecule has 84 valence electrons. The first-order valence-electron chi connectivity index (χ1n) is 5.47. The van der Waals surface area contributed by atoms with Gasteiger partial charge in [-0.25, -0.2) is 0 Å². The third-order valence-electron chi connectivity index (χ3n) is 3.15. The Kier molecular flexibility index (Phi) is 2.19. The summed E-state index contributed by atoms with van der Waals surface area (Å²) >= 11 is 0. The summed E-state index contributed by atoms with van der Waals surface area (Å²) in [6, 6.07) is 7.43. The molecule has 1 aliphatic heterocycles. The average molecular weight is 219 g/mol. The molecule has 4 nitrogen and oxygen atoms in total. The van der Waals surface area contributed by atoms with E-state index in [-0.39, 0.29) is 24.3 Å². The predicted molar refractivity (Wildman–Crippen MR) is 56.8 cm³/mol. The summed E-state index contributed by atoms with van der Waals surface area (Å²) in [6.45, 7) is 0. The maximum absolute atomic E-state index is 11.6. The lowest BCUT2D eigenvalue weighted by atomic mass is 9.92. The van der Waals surface area contributed by atoms with Crippen molar-refractivity contribution in [1.29, 1.82) is 0 Å². The molecule has 0 bridgehead atoms. The number of fused-ring (bicyclic) bond motifs is 1.